The third kappa shape index (κ3) is 3.57. The number of pyridine rings is 1. The minimum atomic E-state index is 0.909. The Kier molecular flexibility index (Phi) is 5.28. The van der Waals surface area contributed by atoms with Crippen LogP contribution in [0.25, 0.3) is 93.5 Å². The molecule has 0 N–H and O–H groups in total. The van der Waals surface area contributed by atoms with E-state index in [0.717, 1.165) is 66.3 Å². The fourth-order valence-electron chi connectivity index (χ4n) is 7.38. The van der Waals surface area contributed by atoms with Gasteiger partial charge in [0.2, 0.25) is 0 Å². The van der Waals surface area contributed by atoms with Crippen molar-refractivity contribution in [2.75, 3.05) is 0 Å². The first-order valence-electron chi connectivity index (χ1n) is 15.6. The summed E-state index contributed by atoms with van der Waals surface area (Å²) in [5.41, 5.74) is 10.6. The van der Waals surface area contributed by atoms with E-state index < -0.39 is 0 Å². The van der Waals surface area contributed by atoms with E-state index in [4.69, 9.17) is 9.40 Å². The number of benzene rings is 7. The van der Waals surface area contributed by atoms with Gasteiger partial charge in [0.25, 0.3) is 0 Å². The zero-order valence-electron chi connectivity index (χ0n) is 24.8. The highest BCUT2D eigenvalue weighted by Crippen LogP contribution is 2.43. The fourth-order valence-corrected chi connectivity index (χ4v) is 7.38. The molecule has 214 valence electrons. The van der Waals surface area contributed by atoms with Crippen LogP contribution >= 0.6 is 0 Å². The number of rotatable bonds is 3. The van der Waals surface area contributed by atoms with E-state index in [-0.39, 0.29) is 0 Å². The minimum Gasteiger partial charge on any atom is -0.455 e. The molecule has 0 saturated carbocycles. The summed E-state index contributed by atoms with van der Waals surface area (Å²) in [5, 5.41) is 8.30. The van der Waals surface area contributed by atoms with Gasteiger partial charge in [-0.15, -0.1) is 0 Å². The molecule has 10 rings (SSSR count). The van der Waals surface area contributed by atoms with Crippen LogP contribution in [0.3, 0.4) is 0 Å². The summed E-state index contributed by atoms with van der Waals surface area (Å²) in [6, 6.07) is 55.9. The molecule has 3 heteroatoms. The Balaban J connectivity index is 1.28. The molecule has 3 aromatic heterocycles. The third-order valence-electron chi connectivity index (χ3n) is 9.37. The smallest absolute Gasteiger partial charge is 0.143 e. The molecule has 10 aromatic rings. The molecular weight excluding hydrogens is 560 g/mol. The van der Waals surface area contributed by atoms with Crippen LogP contribution in [-0.4, -0.2) is 9.55 Å². The van der Waals surface area contributed by atoms with Gasteiger partial charge in [-0.3, -0.25) is 0 Å². The van der Waals surface area contributed by atoms with Crippen LogP contribution in [0.4, 0.5) is 0 Å². The van der Waals surface area contributed by atoms with Crippen molar-refractivity contribution in [3.05, 3.63) is 158 Å². The lowest BCUT2D eigenvalue weighted by molar-refractivity contribution is 0.670. The number of nitrogens with zero attached hydrogens (tertiary/aromatic N) is 2. The largest absolute Gasteiger partial charge is 0.455 e. The summed E-state index contributed by atoms with van der Waals surface area (Å²) in [5.74, 6) is 0. The van der Waals surface area contributed by atoms with Crippen LogP contribution in [0.2, 0.25) is 0 Å². The summed E-state index contributed by atoms with van der Waals surface area (Å²) in [6.45, 7) is 0. The molecule has 0 spiro atoms. The minimum absolute atomic E-state index is 0.909. The van der Waals surface area contributed by atoms with Crippen LogP contribution < -0.4 is 0 Å². The molecule has 0 bridgehead atoms. The molecule has 0 aliphatic carbocycles. The Labute approximate surface area is 264 Å². The van der Waals surface area contributed by atoms with Crippen molar-refractivity contribution >= 4 is 65.4 Å². The molecule has 0 aliphatic heterocycles. The van der Waals surface area contributed by atoms with Crippen LogP contribution in [0.15, 0.2) is 162 Å². The van der Waals surface area contributed by atoms with E-state index in [1.165, 1.54) is 27.2 Å². The maximum absolute atomic E-state index is 6.43. The van der Waals surface area contributed by atoms with Gasteiger partial charge in [0.1, 0.15) is 11.2 Å². The molecular formula is C43H26N2O. The molecule has 0 unspecified atom stereocenters. The average molecular weight is 587 g/mol. The SMILES string of the molecule is c1ccc(-c2nc3ccccc3c3c2ccc2c3c3ccccc3n2-c2cccc(-c3cccc4c3oc3ccccc34)c2)cc1. The predicted octanol–water partition coefficient (Wildman–Crippen LogP) is 11.7. The molecule has 3 nitrogen and oxygen atoms in total. The van der Waals surface area contributed by atoms with Crippen molar-refractivity contribution in [2.45, 2.75) is 0 Å². The number of fused-ring (bicyclic) bond motifs is 10. The topological polar surface area (TPSA) is 31.0 Å². The van der Waals surface area contributed by atoms with Crippen LogP contribution in [0, 0.1) is 0 Å². The van der Waals surface area contributed by atoms with Gasteiger partial charge >= 0.3 is 0 Å². The van der Waals surface area contributed by atoms with E-state index in [1.54, 1.807) is 0 Å². The van der Waals surface area contributed by atoms with Crippen LogP contribution in [0.5, 0.6) is 0 Å². The van der Waals surface area contributed by atoms with Crippen LogP contribution in [-0.2, 0) is 0 Å². The molecule has 7 aromatic carbocycles. The number of furan rings is 1. The van der Waals surface area contributed by atoms with Gasteiger partial charge < -0.3 is 8.98 Å². The Morgan fingerprint density at radius 2 is 1.17 bits per heavy atom. The monoisotopic (exact) mass is 586 g/mol. The zero-order chi connectivity index (χ0) is 30.2. The quantitative estimate of drug-likeness (QED) is 0.193. The molecule has 0 atom stereocenters. The first-order valence-corrected chi connectivity index (χ1v) is 15.6. The Morgan fingerprint density at radius 1 is 0.457 bits per heavy atom. The summed E-state index contributed by atoms with van der Waals surface area (Å²) >= 11 is 0. The van der Waals surface area contributed by atoms with E-state index in [9.17, 15) is 0 Å². The third-order valence-corrected chi connectivity index (χ3v) is 9.37. The molecule has 0 amide bonds. The second-order valence-electron chi connectivity index (χ2n) is 11.9. The maximum Gasteiger partial charge on any atom is 0.143 e. The lowest BCUT2D eigenvalue weighted by Crippen LogP contribution is -1.95. The highest BCUT2D eigenvalue weighted by Gasteiger charge is 2.20. The molecule has 3 heterocycles. The van der Waals surface area contributed by atoms with Gasteiger partial charge in [0.05, 0.1) is 22.2 Å². The number of aromatic nitrogens is 2. The highest BCUT2D eigenvalue weighted by molar-refractivity contribution is 6.29. The van der Waals surface area contributed by atoms with E-state index in [2.05, 4.69) is 150 Å². The Morgan fingerprint density at radius 3 is 2.09 bits per heavy atom. The number of hydrogen-bond donors (Lipinski definition) is 0. The second-order valence-corrected chi connectivity index (χ2v) is 11.9. The zero-order valence-corrected chi connectivity index (χ0v) is 24.8. The molecule has 0 aliphatic rings. The van der Waals surface area contributed by atoms with E-state index >= 15 is 0 Å². The van der Waals surface area contributed by atoms with Crippen molar-refractivity contribution in [3.8, 4) is 28.1 Å². The summed E-state index contributed by atoms with van der Waals surface area (Å²) in [4.78, 5) is 5.20. The maximum atomic E-state index is 6.43. The fraction of sp³-hybridized carbons (Fsp3) is 0. The Bertz CT molecular complexity index is 2800. The summed E-state index contributed by atoms with van der Waals surface area (Å²) in [6.07, 6.45) is 0. The summed E-state index contributed by atoms with van der Waals surface area (Å²) in [7, 11) is 0. The second kappa shape index (κ2) is 9.65. The predicted molar refractivity (Wildman–Crippen MR) is 192 cm³/mol. The highest BCUT2D eigenvalue weighted by atomic mass is 16.3. The standard InChI is InChI=1S/C43H26N2O/c1-2-12-27(13-3-1)42-35-24-25-38-41(40(35)33-17-4-7-21-36(33)44-42)34-18-5-8-22-37(34)45(38)29-15-10-14-28(26-29)30-19-11-20-32-31-16-6-9-23-39(31)46-43(30)32/h1-26H. The van der Waals surface area contributed by atoms with E-state index in [0.29, 0.717) is 0 Å². The molecule has 46 heavy (non-hydrogen) atoms. The van der Waals surface area contributed by atoms with Gasteiger partial charge in [-0.2, -0.15) is 0 Å². The van der Waals surface area contributed by atoms with Crippen molar-refractivity contribution in [1.82, 2.24) is 9.55 Å². The normalized spacial score (nSPS) is 11.9. The molecule has 0 saturated heterocycles. The van der Waals surface area contributed by atoms with E-state index in [1.807, 2.05) is 12.1 Å². The lowest BCUT2D eigenvalue weighted by Gasteiger charge is -2.13. The van der Waals surface area contributed by atoms with Gasteiger partial charge in [-0.1, -0.05) is 121 Å². The molecule has 0 radical (unpaired) electrons. The number of hydrogen-bond acceptors (Lipinski definition) is 2. The first kappa shape index (κ1) is 25.2. The van der Waals surface area contributed by atoms with Crippen molar-refractivity contribution < 1.29 is 4.42 Å². The lowest BCUT2D eigenvalue weighted by atomic mass is 9.96. The van der Waals surface area contributed by atoms with Gasteiger partial charge in [0.15, 0.2) is 0 Å². The number of para-hydroxylation sites is 4. The van der Waals surface area contributed by atoms with Crippen LogP contribution in [0.1, 0.15) is 0 Å². The Hall–Kier alpha value is -6.19. The molecule has 0 fully saturated rings. The van der Waals surface area contributed by atoms with Gasteiger partial charge in [-0.05, 0) is 42.0 Å². The average Bonchev–Trinajstić information content (AvgIpc) is 3.68. The van der Waals surface area contributed by atoms with Crippen molar-refractivity contribution in [1.29, 1.82) is 0 Å². The summed E-state index contributed by atoms with van der Waals surface area (Å²) < 4.78 is 8.84. The first-order chi connectivity index (χ1) is 22.8. The van der Waals surface area contributed by atoms with Gasteiger partial charge in [0, 0.05) is 54.5 Å². The van der Waals surface area contributed by atoms with Gasteiger partial charge in [-0.25, -0.2) is 4.98 Å². The van der Waals surface area contributed by atoms with Crippen molar-refractivity contribution in [3.63, 3.8) is 0 Å². The van der Waals surface area contributed by atoms with Crippen molar-refractivity contribution in [2.24, 2.45) is 0 Å².